The van der Waals surface area contributed by atoms with Crippen LogP contribution in [0.15, 0.2) is 12.2 Å². The fraction of sp³-hybridized carbons (Fsp3) is 0.714. The molecule has 0 aromatic heterocycles. The zero-order chi connectivity index (χ0) is 11.9. The lowest BCUT2D eigenvalue weighted by atomic mass is 9.87. The molecule has 1 N–H and O–H groups in total. The van der Waals surface area contributed by atoms with Crippen LogP contribution in [0.25, 0.3) is 0 Å². The summed E-state index contributed by atoms with van der Waals surface area (Å²) < 4.78 is 0. The Morgan fingerprint density at radius 1 is 1.40 bits per heavy atom. The normalized spacial score (nSPS) is 12.9. The highest BCUT2D eigenvalue weighted by atomic mass is 16.3. The topological polar surface area (TPSA) is 20.2 Å². The van der Waals surface area contributed by atoms with Crippen LogP contribution in [0.4, 0.5) is 0 Å². The van der Waals surface area contributed by atoms with E-state index in [0.29, 0.717) is 6.42 Å². The molecule has 0 heterocycles. The van der Waals surface area contributed by atoms with Crippen LogP contribution in [0.3, 0.4) is 0 Å². The van der Waals surface area contributed by atoms with E-state index in [9.17, 15) is 5.11 Å². The molecule has 0 saturated heterocycles. The average molecular weight is 208 g/mol. The molecule has 1 atom stereocenters. The molecule has 86 valence electrons. The van der Waals surface area contributed by atoms with E-state index in [1.54, 1.807) is 0 Å². The first kappa shape index (κ1) is 14.3. The molecular formula is C14H24O. The second-order valence-corrected chi connectivity index (χ2v) is 5.29. The van der Waals surface area contributed by atoms with Crippen molar-refractivity contribution in [1.82, 2.24) is 0 Å². The summed E-state index contributed by atoms with van der Waals surface area (Å²) in [6.07, 6.45) is 2.97. The Morgan fingerprint density at radius 2 is 2.00 bits per heavy atom. The highest BCUT2D eigenvalue weighted by molar-refractivity contribution is 5.13. The fourth-order valence-electron chi connectivity index (χ4n) is 1.45. The van der Waals surface area contributed by atoms with Gasteiger partial charge in [-0.3, -0.25) is 0 Å². The van der Waals surface area contributed by atoms with Gasteiger partial charge in [0, 0.05) is 6.42 Å². The highest BCUT2D eigenvalue weighted by Crippen LogP contribution is 2.24. The van der Waals surface area contributed by atoms with Crippen LogP contribution in [0, 0.1) is 17.3 Å². The van der Waals surface area contributed by atoms with Crippen molar-refractivity contribution in [2.75, 3.05) is 0 Å². The van der Waals surface area contributed by atoms with Crippen molar-refractivity contribution in [2.45, 2.75) is 59.5 Å². The van der Waals surface area contributed by atoms with Crippen LogP contribution in [-0.4, -0.2) is 11.2 Å². The Balaban J connectivity index is 3.89. The molecule has 0 fully saturated rings. The molecule has 0 rings (SSSR count). The lowest BCUT2D eigenvalue weighted by Gasteiger charge is -2.18. The Kier molecular flexibility index (Phi) is 6.36. The van der Waals surface area contributed by atoms with Crippen molar-refractivity contribution < 1.29 is 5.11 Å². The van der Waals surface area contributed by atoms with E-state index in [4.69, 9.17) is 0 Å². The largest absolute Gasteiger partial charge is 0.380 e. The van der Waals surface area contributed by atoms with Gasteiger partial charge in [-0.15, -0.1) is 0 Å². The minimum atomic E-state index is -0.461. The summed E-state index contributed by atoms with van der Waals surface area (Å²) >= 11 is 0. The molecule has 0 aromatic carbocycles. The summed E-state index contributed by atoms with van der Waals surface area (Å²) in [5.41, 5.74) is 1.43. The van der Waals surface area contributed by atoms with Gasteiger partial charge < -0.3 is 5.11 Å². The summed E-state index contributed by atoms with van der Waals surface area (Å²) in [6.45, 7) is 12.6. The maximum Gasteiger partial charge on any atom is 0.114 e. The van der Waals surface area contributed by atoms with Gasteiger partial charge in [-0.05, 0) is 18.3 Å². The van der Waals surface area contributed by atoms with Gasteiger partial charge in [0.05, 0.1) is 0 Å². The third kappa shape index (κ3) is 9.56. The first-order valence-electron chi connectivity index (χ1n) is 5.68. The summed E-state index contributed by atoms with van der Waals surface area (Å²) in [4.78, 5) is 0. The van der Waals surface area contributed by atoms with Gasteiger partial charge >= 0.3 is 0 Å². The second-order valence-electron chi connectivity index (χ2n) is 5.29. The standard InChI is InChI=1S/C14H24O/c1-6-8-13(15)10-7-9-12(2)11-14(3,4)5/h13,15H,2,6,8-9,11H2,1,3-5H3. The molecule has 0 radical (unpaired) electrons. The van der Waals surface area contributed by atoms with Crippen LogP contribution in [0.1, 0.15) is 53.4 Å². The molecule has 1 unspecified atom stereocenters. The fourth-order valence-corrected chi connectivity index (χ4v) is 1.45. The first-order valence-corrected chi connectivity index (χ1v) is 5.68. The zero-order valence-corrected chi connectivity index (χ0v) is 10.6. The van der Waals surface area contributed by atoms with Crippen molar-refractivity contribution in [2.24, 2.45) is 5.41 Å². The van der Waals surface area contributed by atoms with E-state index in [1.165, 1.54) is 0 Å². The molecule has 0 saturated carbocycles. The highest BCUT2D eigenvalue weighted by Gasteiger charge is 2.10. The zero-order valence-electron chi connectivity index (χ0n) is 10.6. The number of hydrogen-bond acceptors (Lipinski definition) is 1. The van der Waals surface area contributed by atoms with E-state index in [-0.39, 0.29) is 5.41 Å². The lowest BCUT2D eigenvalue weighted by Crippen LogP contribution is -2.05. The first-order chi connectivity index (χ1) is 6.85. The lowest BCUT2D eigenvalue weighted by molar-refractivity contribution is 0.221. The van der Waals surface area contributed by atoms with Gasteiger partial charge in [0.25, 0.3) is 0 Å². The summed E-state index contributed by atoms with van der Waals surface area (Å²) in [5, 5.41) is 9.39. The van der Waals surface area contributed by atoms with E-state index >= 15 is 0 Å². The van der Waals surface area contributed by atoms with E-state index in [0.717, 1.165) is 24.8 Å². The second kappa shape index (κ2) is 6.69. The van der Waals surface area contributed by atoms with Crippen LogP contribution in [0.5, 0.6) is 0 Å². The van der Waals surface area contributed by atoms with Crippen molar-refractivity contribution in [3.05, 3.63) is 12.2 Å². The van der Waals surface area contributed by atoms with Gasteiger partial charge in [0.15, 0.2) is 0 Å². The SMILES string of the molecule is C=C(CC#CC(O)CCC)CC(C)(C)C. The predicted molar refractivity (Wildman–Crippen MR) is 66.5 cm³/mol. The minimum absolute atomic E-state index is 0.279. The molecule has 15 heavy (non-hydrogen) atoms. The predicted octanol–water partition coefficient (Wildman–Crippen LogP) is 3.53. The van der Waals surface area contributed by atoms with Crippen molar-refractivity contribution in [3.8, 4) is 11.8 Å². The smallest absolute Gasteiger partial charge is 0.114 e. The van der Waals surface area contributed by atoms with Crippen molar-refractivity contribution >= 4 is 0 Å². The Bertz CT molecular complexity index is 247. The molecule has 0 aliphatic carbocycles. The van der Waals surface area contributed by atoms with Crippen LogP contribution >= 0.6 is 0 Å². The maximum absolute atomic E-state index is 9.39. The third-order valence-corrected chi connectivity index (χ3v) is 1.95. The number of allylic oxidation sites excluding steroid dienone is 1. The molecule has 0 aliphatic heterocycles. The van der Waals surface area contributed by atoms with Crippen molar-refractivity contribution in [1.29, 1.82) is 0 Å². The number of hydrogen-bond donors (Lipinski definition) is 1. The minimum Gasteiger partial charge on any atom is -0.380 e. The number of aliphatic hydroxyl groups excluding tert-OH is 1. The Hall–Kier alpha value is -0.740. The van der Waals surface area contributed by atoms with Crippen LogP contribution < -0.4 is 0 Å². The molecule has 0 aliphatic rings. The molecular weight excluding hydrogens is 184 g/mol. The number of aliphatic hydroxyl groups is 1. The summed E-state index contributed by atoms with van der Waals surface area (Å²) in [5.74, 6) is 5.84. The Morgan fingerprint density at radius 3 is 2.47 bits per heavy atom. The Labute approximate surface area is 94.6 Å². The molecule has 0 spiro atoms. The quantitative estimate of drug-likeness (QED) is 0.553. The van der Waals surface area contributed by atoms with E-state index < -0.39 is 6.10 Å². The summed E-state index contributed by atoms with van der Waals surface area (Å²) in [6, 6.07) is 0. The average Bonchev–Trinajstić information content (AvgIpc) is 2.00. The maximum atomic E-state index is 9.39. The van der Waals surface area contributed by atoms with Crippen LogP contribution in [0.2, 0.25) is 0 Å². The number of rotatable bonds is 4. The molecule has 1 heteroatoms. The van der Waals surface area contributed by atoms with Gasteiger partial charge in [-0.2, -0.15) is 0 Å². The molecule has 0 amide bonds. The van der Waals surface area contributed by atoms with Gasteiger partial charge in [0.2, 0.25) is 0 Å². The molecule has 0 bridgehead atoms. The van der Waals surface area contributed by atoms with Crippen LogP contribution in [-0.2, 0) is 0 Å². The molecule has 0 aromatic rings. The van der Waals surface area contributed by atoms with Gasteiger partial charge in [-0.1, -0.05) is 58.1 Å². The third-order valence-electron chi connectivity index (χ3n) is 1.95. The molecule has 1 nitrogen and oxygen atoms in total. The summed E-state index contributed by atoms with van der Waals surface area (Å²) in [7, 11) is 0. The monoisotopic (exact) mass is 208 g/mol. The van der Waals surface area contributed by atoms with E-state index in [2.05, 4.69) is 39.2 Å². The van der Waals surface area contributed by atoms with Crippen molar-refractivity contribution in [3.63, 3.8) is 0 Å². The van der Waals surface area contributed by atoms with E-state index in [1.807, 2.05) is 6.92 Å². The van der Waals surface area contributed by atoms with Gasteiger partial charge in [-0.25, -0.2) is 0 Å². The van der Waals surface area contributed by atoms with Gasteiger partial charge in [0.1, 0.15) is 6.10 Å².